The Morgan fingerprint density at radius 2 is 1.96 bits per heavy atom. The smallest absolute Gasteiger partial charge is 0.220 e. The molecular formula is C21H33NO4. The fourth-order valence-corrected chi connectivity index (χ4v) is 3.01. The van der Waals surface area contributed by atoms with Gasteiger partial charge in [0.25, 0.3) is 0 Å². The van der Waals surface area contributed by atoms with E-state index in [1.54, 1.807) is 0 Å². The first-order valence-electron chi connectivity index (χ1n) is 9.94. The van der Waals surface area contributed by atoms with Gasteiger partial charge in [0.1, 0.15) is 0 Å². The molecule has 1 aromatic rings. The largest absolute Gasteiger partial charge is 0.490 e. The van der Waals surface area contributed by atoms with Crippen LogP contribution >= 0.6 is 0 Å². The van der Waals surface area contributed by atoms with Crippen LogP contribution in [-0.2, 0) is 9.53 Å². The maximum absolute atomic E-state index is 12.2. The first-order valence-corrected chi connectivity index (χ1v) is 9.94. The molecule has 1 aliphatic rings. The predicted molar refractivity (Wildman–Crippen MR) is 103 cm³/mol. The molecule has 0 bridgehead atoms. The van der Waals surface area contributed by atoms with Crippen LogP contribution in [0.25, 0.3) is 0 Å². The van der Waals surface area contributed by atoms with Crippen LogP contribution in [0.4, 0.5) is 0 Å². The summed E-state index contributed by atoms with van der Waals surface area (Å²) in [5.74, 6) is 1.58. The van der Waals surface area contributed by atoms with Gasteiger partial charge >= 0.3 is 0 Å². The zero-order valence-corrected chi connectivity index (χ0v) is 16.4. The van der Waals surface area contributed by atoms with Crippen LogP contribution < -0.4 is 14.8 Å². The molecule has 0 aliphatic carbocycles. The molecule has 0 aromatic heterocycles. The number of carbonyl (C=O) groups is 1. The van der Waals surface area contributed by atoms with Crippen LogP contribution in [0.15, 0.2) is 18.2 Å². The molecule has 5 nitrogen and oxygen atoms in total. The van der Waals surface area contributed by atoms with E-state index >= 15 is 0 Å². The van der Waals surface area contributed by atoms with E-state index in [4.69, 9.17) is 14.2 Å². The molecule has 2 unspecified atom stereocenters. The highest BCUT2D eigenvalue weighted by Crippen LogP contribution is 2.31. The maximum Gasteiger partial charge on any atom is 0.220 e. The Bertz CT molecular complexity index is 555. The highest BCUT2D eigenvalue weighted by Gasteiger charge is 2.18. The number of hydrogen-bond donors (Lipinski definition) is 1. The molecule has 1 amide bonds. The van der Waals surface area contributed by atoms with Crippen LogP contribution in [0.3, 0.4) is 0 Å². The third-order valence-corrected chi connectivity index (χ3v) is 4.49. The van der Waals surface area contributed by atoms with Gasteiger partial charge in [-0.15, -0.1) is 0 Å². The molecule has 1 fully saturated rings. The van der Waals surface area contributed by atoms with Gasteiger partial charge < -0.3 is 19.5 Å². The van der Waals surface area contributed by atoms with Crippen molar-refractivity contribution in [2.75, 3.05) is 19.8 Å². The van der Waals surface area contributed by atoms with Crippen LogP contribution in [0.1, 0.15) is 70.9 Å². The average molecular weight is 363 g/mol. The predicted octanol–water partition coefficient (Wildman–Crippen LogP) is 4.40. The minimum absolute atomic E-state index is 0.0651. The van der Waals surface area contributed by atoms with Gasteiger partial charge in [-0.3, -0.25) is 4.79 Å². The van der Waals surface area contributed by atoms with E-state index in [0.29, 0.717) is 19.6 Å². The van der Waals surface area contributed by atoms with Gasteiger partial charge in [-0.05, 0) is 56.7 Å². The molecule has 0 radical (unpaired) electrons. The monoisotopic (exact) mass is 363 g/mol. The van der Waals surface area contributed by atoms with Crippen molar-refractivity contribution in [2.24, 2.45) is 0 Å². The standard InChI is InChI=1S/C21H33NO4/c1-4-12-25-19-10-8-17(15-20(19)26-13-5-2)16(3)22-21(23)11-9-18-7-6-14-24-18/h8,10,15-16,18H,4-7,9,11-14H2,1-3H3,(H,22,23). The minimum Gasteiger partial charge on any atom is -0.490 e. The summed E-state index contributed by atoms with van der Waals surface area (Å²) < 4.78 is 17.2. The fraction of sp³-hybridized carbons (Fsp3) is 0.667. The summed E-state index contributed by atoms with van der Waals surface area (Å²) in [6, 6.07) is 5.84. The van der Waals surface area contributed by atoms with Gasteiger partial charge in [-0.2, -0.15) is 0 Å². The molecular weight excluding hydrogens is 330 g/mol. The molecule has 2 atom stereocenters. The lowest BCUT2D eigenvalue weighted by Gasteiger charge is -2.18. The summed E-state index contributed by atoms with van der Waals surface area (Å²) in [6.07, 6.45) is 5.62. The van der Waals surface area contributed by atoms with Gasteiger partial charge in [0, 0.05) is 13.0 Å². The third-order valence-electron chi connectivity index (χ3n) is 4.49. The summed E-state index contributed by atoms with van der Waals surface area (Å²) >= 11 is 0. The zero-order valence-electron chi connectivity index (χ0n) is 16.4. The quantitative estimate of drug-likeness (QED) is 0.633. The van der Waals surface area contributed by atoms with Crippen molar-refractivity contribution in [1.29, 1.82) is 0 Å². The lowest BCUT2D eigenvalue weighted by Crippen LogP contribution is -2.27. The first kappa shape index (κ1) is 20.6. The molecule has 26 heavy (non-hydrogen) atoms. The third kappa shape index (κ3) is 6.52. The second-order valence-corrected chi connectivity index (χ2v) is 6.87. The Morgan fingerprint density at radius 3 is 2.62 bits per heavy atom. The molecule has 0 spiro atoms. The Morgan fingerprint density at radius 1 is 1.23 bits per heavy atom. The van der Waals surface area contributed by atoms with Crippen LogP contribution in [0.5, 0.6) is 11.5 Å². The second-order valence-electron chi connectivity index (χ2n) is 6.87. The van der Waals surface area contributed by atoms with Crippen LogP contribution in [0.2, 0.25) is 0 Å². The summed E-state index contributed by atoms with van der Waals surface area (Å²) in [5, 5.41) is 3.08. The fourth-order valence-electron chi connectivity index (χ4n) is 3.01. The topological polar surface area (TPSA) is 56.8 Å². The number of rotatable bonds is 11. The lowest BCUT2D eigenvalue weighted by atomic mass is 10.1. The van der Waals surface area contributed by atoms with Crippen LogP contribution in [-0.4, -0.2) is 31.8 Å². The summed E-state index contributed by atoms with van der Waals surface area (Å²) in [6.45, 7) is 8.29. The van der Waals surface area contributed by atoms with E-state index in [9.17, 15) is 4.79 Å². The normalized spacial score (nSPS) is 17.7. The van der Waals surface area contributed by atoms with E-state index < -0.39 is 0 Å². The Hall–Kier alpha value is -1.75. The Kier molecular flexibility index (Phi) is 8.75. The van der Waals surface area contributed by atoms with Crippen molar-refractivity contribution in [3.05, 3.63) is 23.8 Å². The van der Waals surface area contributed by atoms with Gasteiger partial charge in [0.2, 0.25) is 5.91 Å². The van der Waals surface area contributed by atoms with Crippen molar-refractivity contribution in [3.8, 4) is 11.5 Å². The number of ether oxygens (including phenoxy) is 3. The molecule has 5 heteroatoms. The van der Waals surface area contributed by atoms with E-state index in [1.165, 1.54) is 0 Å². The van der Waals surface area contributed by atoms with Crippen LogP contribution in [0, 0.1) is 0 Å². The van der Waals surface area contributed by atoms with E-state index in [2.05, 4.69) is 19.2 Å². The highest BCUT2D eigenvalue weighted by molar-refractivity contribution is 5.76. The first-order chi connectivity index (χ1) is 12.6. The van der Waals surface area contributed by atoms with Gasteiger partial charge in [0.15, 0.2) is 11.5 Å². The number of carbonyl (C=O) groups excluding carboxylic acids is 1. The molecule has 146 valence electrons. The molecule has 1 aromatic carbocycles. The average Bonchev–Trinajstić information content (AvgIpc) is 3.16. The molecule has 1 aliphatic heterocycles. The molecule has 2 rings (SSSR count). The van der Waals surface area contributed by atoms with E-state index in [1.807, 2.05) is 25.1 Å². The Balaban J connectivity index is 1.93. The van der Waals surface area contributed by atoms with Crippen molar-refractivity contribution in [3.63, 3.8) is 0 Å². The number of nitrogens with one attached hydrogen (secondary N) is 1. The lowest BCUT2D eigenvalue weighted by molar-refractivity contribution is -0.122. The van der Waals surface area contributed by atoms with Crippen molar-refractivity contribution < 1.29 is 19.0 Å². The summed E-state index contributed by atoms with van der Waals surface area (Å²) in [4.78, 5) is 12.2. The van der Waals surface area contributed by atoms with Gasteiger partial charge in [0.05, 0.1) is 25.4 Å². The molecule has 1 heterocycles. The highest BCUT2D eigenvalue weighted by atomic mass is 16.5. The number of amides is 1. The molecule has 0 saturated carbocycles. The van der Waals surface area contributed by atoms with E-state index in [0.717, 1.165) is 55.8 Å². The summed E-state index contributed by atoms with van der Waals surface area (Å²) in [7, 11) is 0. The van der Waals surface area contributed by atoms with Crippen molar-refractivity contribution in [1.82, 2.24) is 5.32 Å². The van der Waals surface area contributed by atoms with Crippen molar-refractivity contribution >= 4 is 5.91 Å². The van der Waals surface area contributed by atoms with E-state index in [-0.39, 0.29) is 18.1 Å². The summed E-state index contributed by atoms with van der Waals surface area (Å²) in [5.41, 5.74) is 1.02. The molecule has 1 N–H and O–H groups in total. The molecule has 1 saturated heterocycles. The second kappa shape index (κ2) is 11.1. The SMILES string of the molecule is CCCOc1ccc(C(C)NC(=O)CCC2CCCO2)cc1OCCC. The van der Waals surface area contributed by atoms with Gasteiger partial charge in [-0.1, -0.05) is 19.9 Å². The van der Waals surface area contributed by atoms with Gasteiger partial charge in [-0.25, -0.2) is 0 Å². The maximum atomic E-state index is 12.2. The van der Waals surface area contributed by atoms with Crippen molar-refractivity contribution in [2.45, 2.75) is 71.4 Å². The minimum atomic E-state index is -0.0730. The zero-order chi connectivity index (χ0) is 18.8. The Labute approximate surface area is 157 Å². The number of hydrogen-bond acceptors (Lipinski definition) is 4. The number of benzene rings is 1.